The molecule has 2 aromatic rings. The molecule has 1 aromatic carbocycles. The summed E-state index contributed by atoms with van der Waals surface area (Å²) in [6, 6.07) is 8.44. The minimum Gasteiger partial charge on any atom is -0.469 e. The number of benzene rings is 1. The zero-order valence-electron chi connectivity index (χ0n) is 12.4. The van der Waals surface area contributed by atoms with Crippen LogP contribution in [-0.4, -0.2) is 24.2 Å². The normalized spacial score (nSPS) is 10.9. The molecule has 0 saturated heterocycles. The summed E-state index contributed by atoms with van der Waals surface area (Å²) in [5.41, 5.74) is 3.88. The van der Waals surface area contributed by atoms with E-state index >= 15 is 0 Å². The van der Waals surface area contributed by atoms with Crippen LogP contribution in [-0.2, 0) is 23.1 Å². The van der Waals surface area contributed by atoms with Crippen molar-refractivity contribution in [2.24, 2.45) is 7.05 Å². The van der Waals surface area contributed by atoms with Crippen LogP contribution in [0.25, 0.3) is 10.9 Å². The molecule has 0 aliphatic rings. The van der Waals surface area contributed by atoms with Gasteiger partial charge < -0.3 is 14.6 Å². The minimum atomic E-state index is -0.146. The molecule has 0 aliphatic carbocycles. The number of nitrogens with zero attached hydrogens (tertiary/aromatic N) is 1. The van der Waals surface area contributed by atoms with Crippen molar-refractivity contribution in [1.29, 1.82) is 0 Å². The lowest BCUT2D eigenvalue weighted by atomic mass is 10.1. The number of ether oxygens (including phenoxy) is 1. The summed E-state index contributed by atoms with van der Waals surface area (Å²) >= 11 is 0. The second-order valence-electron chi connectivity index (χ2n) is 5.00. The molecule has 0 bridgehead atoms. The quantitative estimate of drug-likeness (QED) is 0.650. The van der Waals surface area contributed by atoms with Crippen LogP contribution in [0.2, 0.25) is 0 Å². The van der Waals surface area contributed by atoms with E-state index in [1.807, 2.05) is 0 Å². The van der Waals surface area contributed by atoms with Crippen LogP contribution in [0.3, 0.4) is 0 Å². The first-order valence-corrected chi connectivity index (χ1v) is 6.95. The van der Waals surface area contributed by atoms with Gasteiger partial charge in [0.2, 0.25) is 0 Å². The third-order valence-electron chi connectivity index (χ3n) is 3.76. The van der Waals surface area contributed by atoms with E-state index in [4.69, 9.17) is 0 Å². The second kappa shape index (κ2) is 6.57. The van der Waals surface area contributed by atoms with Crippen molar-refractivity contribution in [3.8, 4) is 0 Å². The lowest BCUT2D eigenvalue weighted by Crippen LogP contribution is -2.18. The van der Waals surface area contributed by atoms with Crippen LogP contribution in [0.4, 0.5) is 0 Å². The number of carbonyl (C=O) groups excluding carboxylic acids is 1. The van der Waals surface area contributed by atoms with E-state index in [-0.39, 0.29) is 5.97 Å². The molecule has 4 heteroatoms. The Morgan fingerprint density at radius 1 is 1.35 bits per heavy atom. The van der Waals surface area contributed by atoms with Crippen LogP contribution in [0.15, 0.2) is 24.3 Å². The molecule has 0 atom stereocenters. The lowest BCUT2D eigenvalue weighted by Gasteiger charge is -2.07. The van der Waals surface area contributed by atoms with E-state index < -0.39 is 0 Å². The lowest BCUT2D eigenvalue weighted by molar-refractivity contribution is -0.140. The molecule has 0 amide bonds. The van der Waals surface area contributed by atoms with Crippen LogP contribution in [0.1, 0.15) is 24.1 Å². The third kappa shape index (κ3) is 3.02. The summed E-state index contributed by atoms with van der Waals surface area (Å²) < 4.78 is 6.86. The van der Waals surface area contributed by atoms with Gasteiger partial charge in [0.25, 0.3) is 0 Å². The highest BCUT2D eigenvalue weighted by atomic mass is 16.5. The molecule has 1 aromatic heterocycles. The first-order valence-electron chi connectivity index (χ1n) is 6.95. The summed E-state index contributed by atoms with van der Waals surface area (Å²) in [5, 5.41) is 4.70. The van der Waals surface area contributed by atoms with Gasteiger partial charge in [-0.25, -0.2) is 0 Å². The number of hydrogen-bond donors (Lipinski definition) is 1. The number of aromatic nitrogens is 1. The van der Waals surface area contributed by atoms with Gasteiger partial charge in [-0.05, 0) is 31.5 Å². The first kappa shape index (κ1) is 14.6. The van der Waals surface area contributed by atoms with Crippen LogP contribution >= 0.6 is 0 Å². The van der Waals surface area contributed by atoms with E-state index in [2.05, 4.69) is 52.9 Å². The number of fused-ring (bicyclic) bond motifs is 1. The molecule has 0 unspecified atom stereocenters. The van der Waals surface area contributed by atoms with Gasteiger partial charge in [0, 0.05) is 36.6 Å². The second-order valence-corrected chi connectivity index (χ2v) is 5.00. The summed E-state index contributed by atoms with van der Waals surface area (Å²) in [7, 11) is 3.52. The monoisotopic (exact) mass is 274 g/mol. The number of esters is 1. The zero-order valence-corrected chi connectivity index (χ0v) is 12.4. The summed E-state index contributed by atoms with van der Waals surface area (Å²) in [6.07, 6.45) is 1.27. The van der Waals surface area contributed by atoms with E-state index in [1.54, 1.807) is 0 Å². The minimum absolute atomic E-state index is 0.146. The van der Waals surface area contributed by atoms with Crippen molar-refractivity contribution in [1.82, 2.24) is 9.88 Å². The fourth-order valence-corrected chi connectivity index (χ4v) is 2.55. The Morgan fingerprint density at radius 2 is 2.10 bits per heavy atom. The fourth-order valence-electron chi connectivity index (χ4n) is 2.55. The number of para-hydroxylation sites is 1. The Hall–Kier alpha value is -1.81. The fraction of sp³-hybridized carbons (Fsp3) is 0.438. The van der Waals surface area contributed by atoms with Gasteiger partial charge in [0.1, 0.15) is 0 Å². The maximum atomic E-state index is 11.0. The highest BCUT2D eigenvalue weighted by Crippen LogP contribution is 2.24. The molecule has 108 valence electrons. The van der Waals surface area contributed by atoms with Crippen LogP contribution in [0, 0.1) is 6.92 Å². The van der Waals surface area contributed by atoms with Gasteiger partial charge in [-0.2, -0.15) is 0 Å². The van der Waals surface area contributed by atoms with Crippen molar-refractivity contribution >= 4 is 16.9 Å². The molecular formula is C16H22N2O2. The van der Waals surface area contributed by atoms with E-state index in [0.29, 0.717) is 6.42 Å². The van der Waals surface area contributed by atoms with E-state index in [1.165, 1.54) is 29.3 Å². The summed E-state index contributed by atoms with van der Waals surface area (Å²) in [5.74, 6) is -0.146. The first-order chi connectivity index (χ1) is 9.65. The van der Waals surface area contributed by atoms with Crippen molar-refractivity contribution in [2.75, 3.05) is 13.7 Å². The number of carbonyl (C=O) groups is 1. The number of rotatable bonds is 6. The average Bonchev–Trinajstić information content (AvgIpc) is 2.71. The Balaban J connectivity index is 1.95. The maximum absolute atomic E-state index is 11.0. The Morgan fingerprint density at radius 3 is 2.80 bits per heavy atom. The van der Waals surface area contributed by atoms with Crippen LogP contribution in [0.5, 0.6) is 0 Å². The zero-order chi connectivity index (χ0) is 14.5. The van der Waals surface area contributed by atoms with Crippen molar-refractivity contribution in [3.63, 3.8) is 0 Å². The molecule has 0 fully saturated rings. The number of hydrogen-bond acceptors (Lipinski definition) is 3. The molecule has 20 heavy (non-hydrogen) atoms. The largest absolute Gasteiger partial charge is 0.469 e. The van der Waals surface area contributed by atoms with Crippen molar-refractivity contribution in [2.45, 2.75) is 26.3 Å². The molecular weight excluding hydrogens is 252 g/mol. The molecule has 0 radical (unpaired) electrons. The SMILES string of the molecule is COC(=O)CCCNCc1c(C)c2ccccc2n1C. The number of methoxy groups -OCH3 is 1. The number of nitrogens with one attached hydrogen (secondary N) is 1. The third-order valence-corrected chi connectivity index (χ3v) is 3.76. The maximum Gasteiger partial charge on any atom is 0.305 e. The summed E-state index contributed by atoms with van der Waals surface area (Å²) in [4.78, 5) is 11.0. The Labute approximate surface area is 119 Å². The van der Waals surface area contributed by atoms with Crippen LogP contribution < -0.4 is 5.32 Å². The summed E-state index contributed by atoms with van der Waals surface area (Å²) in [6.45, 7) is 3.79. The van der Waals surface area contributed by atoms with E-state index in [0.717, 1.165) is 19.5 Å². The Kier molecular flexibility index (Phi) is 4.79. The smallest absolute Gasteiger partial charge is 0.305 e. The molecule has 1 heterocycles. The van der Waals surface area contributed by atoms with Gasteiger partial charge in [-0.15, -0.1) is 0 Å². The van der Waals surface area contributed by atoms with Crippen molar-refractivity contribution in [3.05, 3.63) is 35.5 Å². The predicted molar refractivity (Wildman–Crippen MR) is 80.6 cm³/mol. The standard InChI is InChI=1S/C16H22N2O2/c1-12-13-7-4-5-8-14(13)18(2)15(12)11-17-10-6-9-16(19)20-3/h4-5,7-8,17H,6,9-11H2,1-3H3. The number of aryl methyl sites for hydroxylation is 2. The van der Waals surface area contributed by atoms with Gasteiger partial charge in [0.05, 0.1) is 7.11 Å². The Bertz CT molecular complexity index is 563. The highest BCUT2D eigenvalue weighted by molar-refractivity contribution is 5.85. The molecule has 4 nitrogen and oxygen atoms in total. The van der Waals surface area contributed by atoms with Gasteiger partial charge in [-0.3, -0.25) is 4.79 Å². The van der Waals surface area contributed by atoms with Gasteiger partial charge >= 0.3 is 5.97 Å². The molecule has 0 aliphatic heterocycles. The molecule has 0 saturated carbocycles. The molecule has 0 spiro atoms. The molecule has 1 N–H and O–H groups in total. The predicted octanol–water partition coefficient (Wildman–Crippen LogP) is 2.53. The van der Waals surface area contributed by atoms with E-state index in [9.17, 15) is 4.79 Å². The van der Waals surface area contributed by atoms with Crippen molar-refractivity contribution < 1.29 is 9.53 Å². The molecule has 2 rings (SSSR count). The highest BCUT2D eigenvalue weighted by Gasteiger charge is 2.10. The van der Waals surface area contributed by atoms with Gasteiger partial charge in [0.15, 0.2) is 0 Å². The average molecular weight is 274 g/mol. The topological polar surface area (TPSA) is 43.3 Å². The van der Waals surface area contributed by atoms with Gasteiger partial charge in [-0.1, -0.05) is 18.2 Å².